The summed E-state index contributed by atoms with van der Waals surface area (Å²) in [6.45, 7) is 7.54. The van der Waals surface area contributed by atoms with Gasteiger partial charge in [0.15, 0.2) is 5.82 Å². The molecular formula is C23H30N8O3. The number of amides is 2. The Kier molecular flexibility index (Phi) is 6.58. The van der Waals surface area contributed by atoms with E-state index in [-0.39, 0.29) is 18.3 Å². The van der Waals surface area contributed by atoms with Gasteiger partial charge in [0.2, 0.25) is 5.95 Å². The van der Waals surface area contributed by atoms with Crippen LogP contribution in [0.4, 0.5) is 22.4 Å². The molecule has 0 atom stereocenters. The van der Waals surface area contributed by atoms with Gasteiger partial charge in [-0.05, 0) is 33.6 Å². The molecule has 1 aliphatic carbocycles. The van der Waals surface area contributed by atoms with Gasteiger partial charge in [-0.2, -0.15) is 10.1 Å². The number of anilines is 3. The minimum absolute atomic E-state index is 0.0968. The predicted octanol–water partition coefficient (Wildman–Crippen LogP) is 2.24. The van der Waals surface area contributed by atoms with E-state index >= 15 is 0 Å². The van der Waals surface area contributed by atoms with Gasteiger partial charge in [0, 0.05) is 49.9 Å². The minimum atomic E-state index is -0.552. The maximum absolute atomic E-state index is 12.6. The zero-order chi connectivity index (χ0) is 24.3. The Morgan fingerprint density at radius 3 is 2.56 bits per heavy atom. The average molecular weight is 467 g/mol. The van der Waals surface area contributed by atoms with Gasteiger partial charge in [0.05, 0.1) is 6.54 Å². The van der Waals surface area contributed by atoms with Crippen LogP contribution in [0.1, 0.15) is 55.7 Å². The van der Waals surface area contributed by atoms with Gasteiger partial charge >= 0.3 is 6.09 Å². The maximum atomic E-state index is 12.6. The normalized spacial score (nSPS) is 16.1. The number of carbonyl (C=O) groups excluding carboxylic acids is 2. The molecule has 0 bridgehead atoms. The summed E-state index contributed by atoms with van der Waals surface area (Å²) in [6, 6.07) is 3.52. The fourth-order valence-corrected chi connectivity index (χ4v) is 3.53. The molecule has 0 aromatic carbocycles. The van der Waals surface area contributed by atoms with E-state index in [0.717, 1.165) is 18.5 Å². The molecule has 1 aliphatic heterocycles. The first-order valence-corrected chi connectivity index (χ1v) is 11.4. The fourth-order valence-electron chi connectivity index (χ4n) is 3.53. The van der Waals surface area contributed by atoms with Crippen LogP contribution in [0.25, 0.3) is 0 Å². The van der Waals surface area contributed by atoms with Crippen molar-refractivity contribution in [1.82, 2.24) is 30.4 Å². The Morgan fingerprint density at radius 2 is 1.91 bits per heavy atom. The number of piperazine rings is 1. The molecule has 180 valence electrons. The van der Waals surface area contributed by atoms with Crippen molar-refractivity contribution in [1.29, 1.82) is 0 Å². The van der Waals surface area contributed by atoms with Crippen LogP contribution in [0.2, 0.25) is 0 Å². The highest BCUT2D eigenvalue weighted by atomic mass is 16.6. The Morgan fingerprint density at radius 1 is 1.18 bits per heavy atom. The van der Waals surface area contributed by atoms with E-state index in [1.807, 2.05) is 31.7 Å². The van der Waals surface area contributed by atoms with Crippen LogP contribution >= 0.6 is 0 Å². The molecule has 2 aromatic heterocycles. The number of rotatable bonds is 6. The molecule has 0 spiro atoms. The predicted molar refractivity (Wildman–Crippen MR) is 127 cm³/mol. The quantitative estimate of drug-likeness (QED) is 0.553. The number of H-pyrrole nitrogens is 1. The minimum Gasteiger partial charge on any atom is -0.444 e. The standard InChI is InChI=1S/C23H30N8O3/c1-5-8-24-20(32)17-14-18(26-19-13-16(28-29-19)15-6-7-15)27-21(25-17)30-9-11-31(12-10-30)22(33)34-23(2,3)4/h1,13-15H,6-12H2,2-4H3,(H,24,32)(H2,25,26,27,28,29). The second-order valence-electron chi connectivity index (χ2n) is 9.39. The summed E-state index contributed by atoms with van der Waals surface area (Å²) in [6.07, 6.45) is 7.25. The number of ether oxygens (including phenoxy) is 1. The van der Waals surface area contributed by atoms with Crippen LogP contribution in [0.15, 0.2) is 12.1 Å². The lowest BCUT2D eigenvalue weighted by molar-refractivity contribution is 0.0240. The Balaban J connectivity index is 1.50. The van der Waals surface area contributed by atoms with Gasteiger partial charge in [-0.3, -0.25) is 9.89 Å². The summed E-state index contributed by atoms with van der Waals surface area (Å²) in [5, 5.41) is 13.2. The number of hydrogen-bond donors (Lipinski definition) is 3. The van der Waals surface area contributed by atoms with Gasteiger partial charge in [-0.25, -0.2) is 9.78 Å². The van der Waals surface area contributed by atoms with E-state index in [9.17, 15) is 9.59 Å². The van der Waals surface area contributed by atoms with Crippen LogP contribution in [-0.4, -0.2) is 75.4 Å². The van der Waals surface area contributed by atoms with Crippen molar-refractivity contribution >= 4 is 29.6 Å². The second-order valence-corrected chi connectivity index (χ2v) is 9.39. The van der Waals surface area contributed by atoms with Gasteiger partial charge in [-0.15, -0.1) is 6.42 Å². The zero-order valence-electron chi connectivity index (χ0n) is 19.7. The van der Waals surface area contributed by atoms with Crippen molar-refractivity contribution < 1.29 is 14.3 Å². The first-order valence-electron chi connectivity index (χ1n) is 11.4. The molecule has 1 saturated carbocycles. The summed E-state index contributed by atoms with van der Waals surface area (Å²) < 4.78 is 5.46. The van der Waals surface area contributed by atoms with E-state index in [0.29, 0.717) is 49.7 Å². The highest BCUT2D eigenvalue weighted by Crippen LogP contribution is 2.39. The number of carbonyl (C=O) groups is 2. The van der Waals surface area contributed by atoms with Gasteiger partial charge in [-0.1, -0.05) is 5.92 Å². The van der Waals surface area contributed by atoms with Crippen molar-refractivity contribution in [2.24, 2.45) is 0 Å². The number of terminal acetylenes is 1. The third kappa shape index (κ3) is 5.95. The van der Waals surface area contributed by atoms with Crippen LogP contribution in [0, 0.1) is 12.3 Å². The Hall–Kier alpha value is -3.81. The van der Waals surface area contributed by atoms with Crippen molar-refractivity contribution in [3.63, 3.8) is 0 Å². The third-order valence-corrected chi connectivity index (χ3v) is 5.38. The van der Waals surface area contributed by atoms with Crippen LogP contribution in [0.5, 0.6) is 0 Å². The second kappa shape index (κ2) is 9.59. The van der Waals surface area contributed by atoms with E-state index in [2.05, 4.69) is 36.7 Å². The molecule has 2 aromatic rings. The number of aromatic nitrogens is 4. The third-order valence-electron chi connectivity index (χ3n) is 5.38. The van der Waals surface area contributed by atoms with Crippen LogP contribution in [-0.2, 0) is 4.74 Å². The molecule has 2 aliphatic rings. The smallest absolute Gasteiger partial charge is 0.410 e. The van der Waals surface area contributed by atoms with Gasteiger partial charge in [0.25, 0.3) is 5.91 Å². The molecule has 11 nitrogen and oxygen atoms in total. The van der Waals surface area contributed by atoms with Crippen molar-refractivity contribution in [3.8, 4) is 12.3 Å². The van der Waals surface area contributed by atoms with E-state index < -0.39 is 11.5 Å². The molecule has 2 amide bonds. The number of hydrogen-bond acceptors (Lipinski definition) is 8. The van der Waals surface area contributed by atoms with Gasteiger partial charge < -0.3 is 25.2 Å². The molecule has 2 fully saturated rings. The Labute approximate surface area is 198 Å². The SMILES string of the molecule is C#CCNC(=O)c1cc(Nc2cc(C3CC3)[nH]n2)nc(N2CCN(C(=O)OC(C)(C)C)CC2)n1. The van der Waals surface area contributed by atoms with Gasteiger partial charge in [0.1, 0.15) is 17.1 Å². The van der Waals surface area contributed by atoms with E-state index in [1.165, 1.54) is 0 Å². The molecule has 3 N–H and O–H groups in total. The molecule has 0 unspecified atom stereocenters. The summed E-state index contributed by atoms with van der Waals surface area (Å²) >= 11 is 0. The molecule has 1 saturated heterocycles. The molecular weight excluding hydrogens is 436 g/mol. The summed E-state index contributed by atoms with van der Waals surface area (Å²) in [5.74, 6) is 3.99. The Bertz CT molecular complexity index is 1090. The van der Waals surface area contributed by atoms with E-state index in [4.69, 9.17) is 11.2 Å². The zero-order valence-corrected chi connectivity index (χ0v) is 19.7. The molecule has 11 heteroatoms. The lowest BCUT2D eigenvalue weighted by Crippen LogP contribution is -2.50. The first kappa shape index (κ1) is 23.4. The van der Waals surface area contributed by atoms with Crippen molar-refractivity contribution in [3.05, 3.63) is 23.5 Å². The molecule has 4 rings (SSSR count). The largest absolute Gasteiger partial charge is 0.444 e. The highest BCUT2D eigenvalue weighted by Gasteiger charge is 2.28. The van der Waals surface area contributed by atoms with Crippen LogP contribution in [0.3, 0.4) is 0 Å². The monoisotopic (exact) mass is 466 g/mol. The summed E-state index contributed by atoms with van der Waals surface area (Å²) in [4.78, 5) is 37.6. The summed E-state index contributed by atoms with van der Waals surface area (Å²) in [7, 11) is 0. The molecule has 3 heterocycles. The number of nitrogens with one attached hydrogen (secondary N) is 3. The summed E-state index contributed by atoms with van der Waals surface area (Å²) in [5.41, 5.74) is 0.723. The van der Waals surface area contributed by atoms with Crippen molar-refractivity contribution in [2.45, 2.75) is 45.1 Å². The van der Waals surface area contributed by atoms with E-state index in [1.54, 1.807) is 11.0 Å². The van der Waals surface area contributed by atoms with Crippen molar-refractivity contribution in [2.75, 3.05) is 42.9 Å². The fraction of sp³-hybridized carbons (Fsp3) is 0.522. The lowest BCUT2D eigenvalue weighted by atomic mass is 10.2. The first-order chi connectivity index (χ1) is 16.2. The molecule has 0 radical (unpaired) electrons. The highest BCUT2D eigenvalue weighted by molar-refractivity contribution is 5.93. The lowest BCUT2D eigenvalue weighted by Gasteiger charge is -2.35. The average Bonchev–Trinajstić information content (AvgIpc) is 3.55. The maximum Gasteiger partial charge on any atom is 0.410 e. The number of aromatic amines is 1. The topological polar surface area (TPSA) is 128 Å². The molecule has 34 heavy (non-hydrogen) atoms. The van der Waals surface area contributed by atoms with Crippen LogP contribution < -0.4 is 15.5 Å². The number of nitrogens with zero attached hydrogens (tertiary/aromatic N) is 5.